The van der Waals surface area contributed by atoms with Crippen LogP contribution in [0.15, 0.2) is 53.0 Å². The van der Waals surface area contributed by atoms with Gasteiger partial charge in [0, 0.05) is 28.5 Å². The van der Waals surface area contributed by atoms with Crippen LogP contribution in [-0.4, -0.2) is 28.2 Å². The highest BCUT2D eigenvalue weighted by Gasteiger charge is 2.59. The Balaban J connectivity index is 1.70. The van der Waals surface area contributed by atoms with Gasteiger partial charge in [-0.05, 0) is 57.2 Å². The number of nitrogens with zero attached hydrogens (tertiary/aromatic N) is 2. The van der Waals surface area contributed by atoms with Crippen molar-refractivity contribution in [2.45, 2.75) is 36.0 Å². The molecule has 1 atom stereocenters. The van der Waals surface area contributed by atoms with Gasteiger partial charge in [0.25, 0.3) is 0 Å². The smallest absolute Gasteiger partial charge is 0.187 e. The molecule has 1 aliphatic rings. The van der Waals surface area contributed by atoms with E-state index < -0.39 is 20.2 Å². The lowest BCUT2D eigenvalue weighted by atomic mass is 9.84. The molecule has 0 radical (unpaired) electrons. The van der Waals surface area contributed by atoms with Gasteiger partial charge in [0.15, 0.2) is 9.84 Å². The van der Waals surface area contributed by atoms with E-state index in [-0.39, 0.29) is 4.90 Å². The fourth-order valence-corrected chi connectivity index (χ4v) is 6.50. The van der Waals surface area contributed by atoms with E-state index in [2.05, 4.69) is 15.3 Å². The average Bonchev–Trinajstić information content (AvgIpc) is 3.17. The maximum atomic E-state index is 13.1. The third kappa shape index (κ3) is 2.39. The van der Waals surface area contributed by atoms with Crippen molar-refractivity contribution in [1.82, 2.24) is 9.97 Å². The molecule has 6 nitrogen and oxygen atoms in total. The van der Waals surface area contributed by atoms with Crippen molar-refractivity contribution in [3.8, 4) is 0 Å². The molecule has 0 amide bonds. The van der Waals surface area contributed by atoms with Gasteiger partial charge in [-0.2, -0.15) is 0 Å². The van der Waals surface area contributed by atoms with E-state index in [0.29, 0.717) is 16.5 Å². The van der Waals surface area contributed by atoms with E-state index >= 15 is 0 Å². The third-order valence-corrected chi connectivity index (χ3v) is 9.58. The van der Waals surface area contributed by atoms with Crippen molar-refractivity contribution in [2.75, 3.05) is 5.32 Å². The van der Waals surface area contributed by atoms with Gasteiger partial charge in [-0.25, -0.2) is 13.4 Å². The molecule has 0 spiro atoms. The fraction of sp³-hybridized carbons (Fsp3) is 0.238. The topological polar surface area (TPSA) is 92.2 Å². The number of pyridine rings is 1. The molecule has 29 heavy (non-hydrogen) atoms. The molecule has 5 rings (SSSR count). The van der Waals surface area contributed by atoms with Gasteiger partial charge in [-0.1, -0.05) is 0 Å². The van der Waals surface area contributed by atoms with Crippen molar-refractivity contribution in [2.24, 2.45) is 0 Å². The third-order valence-electron chi connectivity index (χ3n) is 6.11. The zero-order valence-electron chi connectivity index (χ0n) is 16.1. The summed E-state index contributed by atoms with van der Waals surface area (Å²) < 4.78 is 26.1. The molecule has 0 bridgehead atoms. The summed E-state index contributed by atoms with van der Waals surface area (Å²) in [7, 11) is -3.71. The monoisotopic (exact) mass is 425 g/mol. The standard InChI is InChI=1S/C21H19N3O3S2/c1-20(2)21(3,25)14-10-16-13(9-19(14)29(20,26)27)15(6-7-22-16)24-12-4-5-18-17(8-12)23-11-28-18/h4-11,25H,1-3H3,(H,22,24). The maximum absolute atomic E-state index is 13.1. The summed E-state index contributed by atoms with van der Waals surface area (Å²) in [6.07, 6.45) is 1.67. The van der Waals surface area contributed by atoms with E-state index in [1.54, 1.807) is 55.9 Å². The Morgan fingerprint density at radius 1 is 1.03 bits per heavy atom. The van der Waals surface area contributed by atoms with Crippen LogP contribution in [0.25, 0.3) is 21.1 Å². The SMILES string of the molecule is CC1(O)c2cc3nccc(Nc4ccc5scnc5c4)c3cc2S(=O)(=O)C1(C)C. The van der Waals surface area contributed by atoms with Crippen molar-refractivity contribution in [3.05, 3.63) is 53.7 Å². The molecule has 148 valence electrons. The molecule has 0 aliphatic carbocycles. The Morgan fingerprint density at radius 3 is 2.62 bits per heavy atom. The maximum Gasteiger partial charge on any atom is 0.187 e. The number of rotatable bonds is 2. The molecule has 2 N–H and O–H groups in total. The molecule has 0 saturated heterocycles. The minimum atomic E-state index is -3.71. The number of nitrogens with one attached hydrogen (secondary N) is 1. The van der Waals surface area contributed by atoms with Gasteiger partial charge in [0.1, 0.15) is 10.3 Å². The summed E-state index contributed by atoms with van der Waals surface area (Å²) in [4.78, 5) is 8.91. The Bertz CT molecular complexity index is 1410. The largest absolute Gasteiger partial charge is 0.384 e. The second kappa shape index (κ2) is 5.75. The van der Waals surface area contributed by atoms with Crippen LogP contribution in [-0.2, 0) is 15.4 Å². The number of anilines is 2. The Hall–Kier alpha value is -2.55. The molecule has 1 unspecified atom stereocenters. The number of aromatic nitrogens is 2. The van der Waals surface area contributed by atoms with Gasteiger partial charge in [0.2, 0.25) is 0 Å². The highest BCUT2D eigenvalue weighted by atomic mass is 32.2. The van der Waals surface area contributed by atoms with E-state index in [0.717, 1.165) is 21.6 Å². The van der Waals surface area contributed by atoms with E-state index in [1.165, 1.54) is 0 Å². The quantitative estimate of drug-likeness (QED) is 0.496. The summed E-state index contributed by atoms with van der Waals surface area (Å²) in [6.45, 7) is 4.67. The van der Waals surface area contributed by atoms with Crippen LogP contribution in [0, 0.1) is 0 Å². The number of hydrogen-bond donors (Lipinski definition) is 2. The first-order valence-corrected chi connectivity index (χ1v) is 11.5. The molecule has 0 fully saturated rings. The van der Waals surface area contributed by atoms with Crippen molar-refractivity contribution < 1.29 is 13.5 Å². The zero-order chi connectivity index (χ0) is 20.6. The first kappa shape index (κ1) is 18.5. The minimum Gasteiger partial charge on any atom is -0.384 e. The highest BCUT2D eigenvalue weighted by molar-refractivity contribution is 7.93. The molecule has 1 aliphatic heterocycles. The summed E-state index contributed by atoms with van der Waals surface area (Å²) in [5, 5.41) is 15.1. The second-order valence-corrected chi connectivity index (χ2v) is 11.3. The molecular weight excluding hydrogens is 406 g/mol. The Labute approximate surface area is 172 Å². The lowest BCUT2D eigenvalue weighted by Gasteiger charge is -2.31. The van der Waals surface area contributed by atoms with Crippen LogP contribution in [0.4, 0.5) is 11.4 Å². The number of sulfone groups is 1. The number of fused-ring (bicyclic) bond motifs is 3. The summed E-state index contributed by atoms with van der Waals surface area (Å²) >= 11 is 1.58. The first-order chi connectivity index (χ1) is 13.6. The zero-order valence-corrected chi connectivity index (χ0v) is 17.7. The molecule has 4 aromatic rings. The van der Waals surface area contributed by atoms with Gasteiger partial charge in [0.05, 0.1) is 26.1 Å². The first-order valence-electron chi connectivity index (χ1n) is 9.13. The Morgan fingerprint density at radius 2 is 1.83 bits per heavy atom. The van der Waals surface area contributed by atoms with Crippen LogP contribution in [0.3, 0.4) is 0 Å². The van der Waals surface area contributed by atoms with Gasteiger partial charge in [-0.15, -0.1) is 11.3 Å². The number of benzene rings is 2. The Kier molecular flexibility index (Phi) is 3.66. The highest BCUT2D eigenvalue weighted by Crippen LogP contribution is 2.51. The average molecular weight is 426 g/mol. The molecule has 8 heteroatoms. The predicted octanol–water partition coefficient (Wildman–Crippen LogP) is 4.36. The molecule has 0 saturated carbocycles. The summed E-state index contributed by atoms with van der Waals surface area (Å²) in [5.74, 6) is 0. The lowest BCUT2D eigenvalue weighted by Crippen LogP contribution is -2.44. The van der Waals surface area contributed by atoms with Crippen LogP contribution in [0.1, 0.15) is 26.3 Å². The fourth-order valence-electron chi connectivity index (χ4n) is 3.84. The normalized spacial score (nSPS) is 22.1. The predicted molar refractivity (Wildman–Crippen MR) is 115 cm³/mol. The van der Waals surface area contributed by atoms with Crippen LogP contribution in [0.2, 0.25) is 0 Å². The summed E-state index contributed by atoms with van der Waals surface area (Å²) in [5.41, 5.74) is 3.81. The van der Waals surface area contributed by atoms with Crippen LogP contribution < -0.4 is 5.32 Å². The summed E-state index contributed by atoms with van der Waals surface area (Å²) in [6, 6.07) is 11.0. The van der Waals surface area contributed by atoms with E-state index in [9.17, 15) is 13.5 Å². The van der Waals surface area contributed by atoms with Crippen molar-refractivity contribution >= 4 is 53.7 Å². The van der Waals surface area contributed by atoms with Gasteiger partial charge in [-0.3, -0.25) is 4.98 Å². The van der Waals surface area contributed by atoms with E-state index in [4.69, 9.17) is 0 Å². The lowest BCUT2D eigenvalue weighted by molar-refractivity contribution is 0.0264. The van der Waals surface area contributed by atoms with E-state index in [1.807, 2.05) is 24.3 Å². The molecule has 2 aromatic heterocycles. The molecule has 2 aromatic carbocycles. The van der Waals surface area contributed by atoms with Crippen molar-refractivity contribution in [1.29, 1.82) is 0 Å². The number of hydrogen-bond acceptors (Lipinski definition) is 7. The van der Waals surface area contributed by atoms with Crippen LogP contribution in [0.5, 0.6) is 0 Å². The van der Waals surface area contributed by atoms with Gasteiger partial charge >= 0.3 is 0 Å². The molecule has 3 heterocycles. The van der Waals surface area contributed by atoms with Crippen molar-refractivity contribution in [3.63, 3.8) is 0 Å². The number of aliphatic hydroxyl groups is 1. The minimum absolute atomic E-state index is 0.158. The van der Waals surface area contributed by atoms with Crippen LogP contribution >= 0.6 is 11.3 Å². The molecular formula is C21H19N3O3S2. The van der Waals surface area contributed by atoms with Gasteiger partial charge < -0.3 is 10.4 Å². The second-order valence-electron chi connectivity index (χ2n) is 7.97. The number of thiazole rings is 1.